The van der Waals surface area contributed by atoms with Crippen molar-refractivity contribution in [1.82, 2.24) is 14.3 Å². The molecular weight excluding hydrogens is 220 g/mol. The van der Waals surface area contributed by atoms with E-state index in [9.17, 15) is 9.59 Å². The molecule has 0 bridgehead atoms. The largest absolute Gasteiger partial charge is 0.350 e. The number of terminal acetylenes is 1. The molecule has 1 aromatic rings. The highest BCUT2D eigenvalue weighted by Gasteiger charge is 2.11. The maximum atomic E-state index is 11.8. The lowest BCUT2D eigenvalue weighted by molar-refractivity contribution is 0.600. The molecular formula is C11H16N4O2. The van der Waals surface area contributed by atoms with Crippen molar-refractivity contribution in [2.75, 3.05) is 5.32 Å². The van der Waals surface area contributed by atoms with Crippen LogP contribution in [0.15, 0.2) is 9.59 Å². The van der Waals surface area contributed by atoms with Gasteiger partial charge in [-0.05, 0) is 6.42 Å². The van der Waals surface area contributed by atoms with Gasteiger partial charge in [0.15, 0.2) is 0 Å². The Balaban J connectivity index is 3.13. The van der Waals surface area contributed by atoms with Crippen molar-refractivity contribution in [3.05, 3.63) is 20.8 Å². The van der Waals surface area contributed by atoms with Gasteiger partial charge in [0.25, 0.3) is 5.56 Å². The van der Waals surface area contributed by atoms with Gasteiger partial charge in [0.05, 0.1) is 6.04 Å². The van der Waals surface area contributed by atoms with Crippen LogP contribution in [0.1, 0.15) is 19.8 Å². The van der Waals surface area contributed by atoms with E-state index in [-0.39, 0.29) is 11.9 Å². The molecule has 0 aliphatic heterocycles. The maximum Gasteiger partial charge on any atom is 0.346 e. The molecule has 1 rings (SSSR count). The molecule has 0 aromatic carbocycles. The van der Waals surface area contributed by atoms with Crippen LogP contribution in [0.5, 0.6) is 0 Å². The molecule has 0 spiro atoms. The van der Waals surface area contributed by atoms with E-state index < -0.39 is 11.2 Å². The summed E-state index contributed by atoms with van der Waals surface area (Å²) in [6.07, 6.45) is 6.98. The molecule has 0 saturated heterocycles. The predicted molar refractivity (Wildman–Crippen MR) is 65.9 cm³/mol. The zero-order chi connectivity index (χ0) is 13.0. The molecule has 0 radical (unpaired) electrons. The van der Waals surface area contributed by atoms with E-state index in [2.05, 4.69) is 16.3 Å². The Kier molecular flexibility index (Phi) is 4.10. The maximum absolute atomic E-state index is 11.8. The Bertz CT molecular complexity index is 550. The zero-order valence-corrected chi connectivity index (χ0v) is 10.2. The first-order chi connectivity index (χ1) is 8.01. The minimum absolute atomic E-state index is 0.103. The standard InChI is InChI=1S/C11H16N4O2/c1-5-7-8(6-2)12-9-10(16)14(3)11(17)15(4)13-9/h2,8H,5,7H2,1,3-4H3,(H,12,13). The van der Waals surface area contributed by atoms with Crippen molar-refractivity contribution in [2.45, 2.75) is 25.8 Å². The number of aryl methyl sites for hydroxylation is 1. The quantitative estimate of drug-likeness (QED) is 0.728. The highest BCUT2D eigenvalue weighted by Crippen LogP contribution is 2.01. The zero-order valence-electron chi connectivity index (χ0n) is 10.2. The summed E-state index contributed by atoms with van der Waals surface area (Å²) in [6.45, 7) is 2.00. The molecule has 17 heavy (non-hydrogen) atoms. The van der Waals surface area contributed by atoms with Crippen molar-refractivity contribution < 1.29 is 0 Å². The molecule has 1 aromatic heterocycles. The molecule has 6 heteroatoms. The number of hydrogen-bond donors (Lipinski definition) is 1. The smallest absolute Gasteiger partial charge is 0.346 e. The Hall–Kier alpha value is -2.03. The van der Waals surface area contributed by atoms with E-state index in [1.54, 1.807) is 0 Å². The SMILES string of the molecule is C#CC(CCC)Nc1nn(C)c(=O)n(C)c1=O. The fraction of sp³-hybridized carbons (Fsp3) is 0.545. The lowest BCUT2D eigenvalue weighted by atomic mass is 10.2. The molecule has 0 amide bonds. The third-order valence-electron chi connectivity index (χ3n) is 2.41. The minimum Gasteiger partial charge on any atom is -0.350 e. The van der Waals surface area contributed by atoms with Gasteiger partial charge < -0.3 is 5.32 Å². The first-order valence-corrected chi connectivity index (χ1v) is 5.38. The van der Waals surface area contributed by atoms with Crippen LogP contribution in [0.3, 0.4) is 0 Å². The van der Waals surface area contributed by atoms with Crippen LogP contribution >= 0.6 is 0 Å². The monoisotopic (exact) mass is 236 g/mol. The molecule has 1 heterocycles. The third kappa shape index (κ3) is 2.75. The molecule has 92 valence electrons. The van der Waals surface area contributed by atoms with E-state index in [0.717, 1.165) is 22.1 Å². The summed E-state index contributed by atoms with van der Waals surface area (Å²) in [7, 11) is 2.89. The van der Waals surface area contributed by atoms with Crippen molar-refractivity contribution in [3.63, 3.8) is 0 Å². The fourth-order valence-corrected chi connectivity index (χ4v) is 1.44. The van der Waals surface area contributed by atoms with Crippen LogP contribution in [-0.2, 0) is 14.1 Å². The van der Waals surface area contributed by atoms with E-state index in [1.807, 2.05) is 6.92 Å². The van der Waals surface area contributed by atoms with Crippen LogP contribution in [0.2, 0.25) is 0 Å². The third-order valence-corrected chi connectivity index (χ3v) is 2.41. The summed E-state index contributed by atoms with van der Waals surface area (Å²) in [5.41, 5.74) is -0.933. The number of rotatable bonds is 4. The molecule has 1 unspecified atom stereocenters. The summed E-state index contributed by atoms with van der Waals surface area (Å²) in [4.78, 5) is 23.2. The van der Waals surface area contributed by atoms with Crippen LogP contribution in [0.25, 0.3) is 0 Å². The summed E-state index contributed by atoms with van der Waals surface area (Å²) in [6, 6.07) is -0.252. The summed E-state index contributed by atoms with van der Waals surface area (Å²) in [5, 5.41) is 6.73. The molecule has 1 N–H and O–H groups in total. The predicted octanol–water partition coefficient (Wildman–Crippen LogP) is -0.307. The van der Waals surface area contributed by atoms with Gasteiger partial charge in [0.2, 0.25) is 5.82 Å². The van der Waals surface area contributed by atoms with Crippen LogP contribution in [0.4, 0.5) is 5.82 Å². The lowest BCUT2D eigenvalue weighted by Crippen LogP contribution is -2.41. The van der Waals surface area contributed by atoms with E-state index in [0.29, 0.717) is 0 Å². The van der Waals surface area contributed by atoms with Crippen LogP contribution in [-0.4, -0.2) is 20.4 Å². The lowest BCUT2D eigenvalue weighted by Gasteiger charge is -2.13. The van der Waals surface area contributed by atoms with Gasteiger partial charge >= 0.3 is 5.69 Å². The van der Waals surface area contributed by atoms with Crippen molar-refractivity contribution in [3.8, 4) is 12.3 Å². The number of hydrogen-bond acceptors (Lipinski definition) is 4. The van der Waals surface area contributed by atoms with Gasteiger partial charge in [0, 0.05) is 14.1 Å². The Morgan fingerprint density at radius 3 is 2.65 bits per heavy atom. The van der Waals surface area contributed by atoms with Crippen molar-refractivity contribution >= 4 is 5.82 Å². The van der Waals surface area contributed by atoms with Gasteiger partial charge in [-0.2, -0.15) is 0 Å². The molecule has 6 nitrogen and oxygen atoms in total. The second-order valence-electron chi connectivity index (χ2n) is 3.77. The number of nitrogens with zero attached hydrogens (tertiary/aromatic N) is 3. The van der Waals surface area contributed by atoms with Gasteiger partial charge in [-0.25, -0.2) is 9.48 Å². The molecule has 0 aliphatic carbocycles. The topological polar surface area (TPSA) is 68.9 Å². The summed E-state index contributed by atoms with van der Waals surface area (Å²) in [5.74, 6) is 2.65. The van der Waals surface area contributed by atoms with Crippen molar-refractivity contribution in [2.24, 2.45) is 14.1 Å². The number of nitrogens with one attached hydrogen (secondary N) is 1. The van der Waals surface area contributed by atoms with E-state index in [1.165, 1.54) is 14.1 Å². The average Bonchev–Trinajstić information content (AvgIpc) is 2.32. The second kappa shape index (κ2) is 5.34. The normalized spacial score (nSPS) is 11.9. The minimum atomic E-state index is -0.468. The molecule has 0 fully saturated rings. The first kappa shape index (κ1) is 13.0. The van der Waals surface area contributed by atoms with Crippen molar-refractivity contribution in [1.29, 1.82) is 0 Å². The highest BCUT2D eigenvalue weighted by molar-refractivity contribution is 5.34. The van der Waals surface area contributed by atoms with E-state index >= 15 is 0 Å². The van der Waals surface area contributed by atoms with Crippen LogP contribution in [0, 0.1) is 12.3 Å². The Morgan fingerprint density at radius 1 is 1.47 bits per heavy atom. The number of anilines is 1. The van der Waals surface area contributed by atoms with Gasteiger partial charge in [0.1, 0.15) is 0 Å². The van der Waals surface area contributed by atoms with Crippen LogP contribution < -0.4 is 16.6 Å². The molecule has 1 atom stereocenters. The summed E-state index contributed by atoms with van der Waals surface area (Å²) < 4.78 is 2.10. The Morgan fingerprint density at radius 2 is 2.12 bits per heavy atom. The molecule has 0 saturated carbocycles. The van der Waals surface area contributed by atoms with E-state index in [4.69, 9.17) is 6.42 Å². The number of aromatic nitrogens is 3. The summed E-state index contributed by atoms with van der Waals surface area (Å²) >= 11 is 0. The Labute approximate surface area is 99.3 Å². The highest BCUT2D eigenvalue weighted by atomic mass is 16.2. The molecule has 0 aliphatic rings. The second-order valence-corrected chi connectivity index (χ2v) is 3.77. The first-order valence-electron chi connectivity index (χ1n) is 5.38. The van der Waals surface area contributed by atoms with Gasteiger partial charge in [-0.1, -0.05) is 19.3 Å². The average molecular weight is 236 g/mol. The van der Waals surface area contributed by atoms with Gasteiger partial charge in [-0.15, -0.1) is 11.5 Å². The van der Waals surface area contributed by atoms with Gasteiger partial charge in [-0.3, -0.25) is 9.36 Å². The fourth-order valence-electron chi connectivity index (χ4n) is 1.44.